The maximum atomic E-state index is 13.2. The Hall–Kier alpha value is -2.61. The van der Waals surface area contributed by atoms with Crippen molar-refractivity contribution in [2.45, 2.75) is 32.0 Å². The third-order valence-electron chi connectivity index (χ3n) is 5.53. The van der Waals surface area contributed by atoms with E-state index in [4.69, 9.17) is 9.47 Å². The smallest absolute Gasteiger partial charge is 0.261 e. The first-order valence-corrected chi connectivity index (χ1v) is 9.26. The number of nitrogens with zero attached hydrogens (tertiary/aromatic N) is 5. The van der Waals surface area contributed by atoms with Crippen LogP contribution in [0.15, 0.2) is 18.2 Å². The van der Waals surface area contributed by atoms with E-state index in [-0.39, 0.29) is 5.91 Å². The molecule has 1 saturated heterocycles. The van der Waals surface area contributed by atoms with E-state index in [9.17, 15) is 4.79 Å². The summed E-state index contributed by atoms with van der Waals surface area (Å²) in [5, 5.41) is 8.83. The maximum absolute atomic E-state index is 13.2. The number of aromatic nitrogens is 3. The average Bonchev–Trinajstić information content (AvgIpc) is 3.31. The lowest BCUT2D eigenvalue weighted by atomic mass is 10.1. The number of ether oxygens (including phenoxy) is 2. The van der Waals surface area contributed by atoms with Crippen LogP contribution in [-0.4, -0.2) is 64.8 Å². The molecule has 3 heterocycles. The zero-order valence-corrected chi connectivity index (χ0v) is 16.0. The van der Waals surface area contributed by atoms with Gasteiger partial charge in [0, 0.05) is 13.1 Å². The van der Waals surface area contributed by atoms with Gasteiger partial charge < -0.3 is 18.9 Å². The Morgan fingerprint density at radius 2 is 1.85 bits per heavy atom. The van der Waals surface area contributed by atoms with E-state index < -0.39 is 0 Å². The van der Waals surface area contributed by atoms with Crippen LogP contribution in [0.4, 0.5) is 0 Å². The standard InChI is InChI=1S/C19H25N5O3/c1-22-9-5-6-13(22)18-21-20-16-12-23(10-11-24(16)18)19(25)17-14(26-2)7-4-8-15(17)27-3/h4,7-8,13H,5-6,9-12H2,1-3H3/t13-/m1/s1. The fourth-order valence-electron chi connectivity index (χ4n) is 4.06. The van der Waals surface area contributed by atoms with E-state index in [2.05, 4.69) is 26.7 Å². The number of methoxy groups -OCH3 is 2. The van der Waals surface area contributed by atoms with Crippen LogP contribution in [0.3, 0.4) is 0 Å². The summed E-state index contributed by atoms with van der Waals surface area (Å²) in [5.74, 6) is 2.77. The molecule has 1 amide bonds. The third kappa shape index (κ3) is 3.03. The Morgan fingerprint density at radius 1 is 1.11 bits per heavy atom. The van der Waals surface area contributed by atoms with Crippen LogP contribution in [0, 0.1) is 0 Å². The van der Waals surface area contributed by atoms with Crippen molar-refractivity contribution >= 4 is 5.91 Å². The Bertz CT molecular complexity index is 828. The predicted octanol–water partition coefficient (Wildman–Crippen LogP) is 1.72. The zero-order chi connectivity index (χ0) is 19.0. The molecule has 1 fully saturated rings. The van der Waals surface area contributed by atoms with Crippen molar-refractivity contribution in [1.82, 2.24) is 24.6 Å². The molecule has 0 saturated carbocycles. The number of hydrogen-bond acceptors (Lipinski definition) is 6. The molecule has 8 heteroatoms. The molecule has 0 N–H and O–H groups in total. The van der Waals surface area contributed by atoms with Gasteiger partial charge in [0.05, 0.1) is 26.8 Å². The van der Waals surface area contributed by atoms with Crippen molar-refractivity contribution in [3.05, 3.63) is 35.4 Å². The molecule has 2 aliphatic heterocycles. The molecule has 4 rings (SSSR count). The van der Waals surface area contributed by atoms with Gasteiger partial charge in [-0.3, -0.25) is 9.69 Å². The second-order valence-electron chi connectivity index (χ2n) is 7.03. The Balaban J connectivity index is 1.59. The van der Waals surface area contributed by atoms with E-state index in [1.54, 1.807) is 31.3 Å². The largest absolute Gasteiger partial charge is 0.496 e. The summed E-state index contributed by atoms with van der Waals surface area (Å²) in [5.41, 5.74) is 0.450. The van der Waals surface area contributed by atoms with Gasteiger partial charge in [0.2, 0.25) is 0 Å². The summed E-state index contributed by atoms with van der Waals surface area (Å²) in [4.78, 5) is 17.3. The number of benzene rings is 1. The zero-order valence-electron chi connectivity index (χ0n) is 16.0. The summed E-state index contributed by atoms with van der Waals surface area (Å²) >= 11 is 0. The van der Waals surface area contributed by atoms with Gasteiger partial charge in [0.1, 0.15) is 17.1 Å². The number of fused-ring (bicyclic) bond motifs is 1. The minimum atomic E-state index is -0.113. The molecule has 1 aromatic carbocycles. The highest BCUT2D eigenvalue weighted by Gasteiger charge is 2.33. The van der Waals surface area contributed by atoms with Crippen molar-refractivity contribution in [2.75, 3.05) is 34.4 Å². The minimum Gasteiger partial charge on any atom is -0.496 e. The Kier molecular flexibility index (Phi) is 4.73. The van der Waals surface area contributed by atoms with Gasteiger partial charge in [0.25, 0.3) is 5.91 Å². The van der Waals surface area contributed by atoms with Crippen molar-refractivity contribution in [1.29, 1.82) is 0 Å². The van der Waals surface area contributed by atoms with Gasteiger partial charge in [-0.15, -0.1) is 10.2 Å². The van der Waals surface area contributed by atoms with Gasteiger partial charge in [0.15, 0.2) is 11.6 Å². The fraction of sp³-hybridized carbons (Fsp3) is 0.526. The number of carbonyl (C=O) groups is 1. The summed E-state index contributed by atoms with van der Waals surface area (Å²) < 4.78 is 12.9. The highest BCUT2D eigenvalue weighted by molar-refractivity contribution is 5.99. The number of carbonyl (C=O) groups excluding carboxylic acids is 1. The normalized spacial score (nSPS) is 19.8. The van der Waals surface area contributed by atoms with Gasteiger partial charge in [-0.2, -0.15) is 0 Å². The molecule has 144 valence electrons. The SMILES string of the molecule is COc1cccc(OC)c1C(=O)N1CCn2c(nnc2[C@H]2CCCN2C)C1. The molecule has 0 bridgehead atoms. The summed E-state index contributed by atoms with van der Waals surface area (Å²) in [6.07, 6.45) is 2.29. The lowest BCUT2D eigenvalue weighted by molar-refractivity contribution is 0.0698. The topological polar surface area (TPSA) is 72.7 Å². The molecule has 8 nitrogen and oxygen atoms in total. The van der Waals surface area contributed by atoms with E-state index >= 15 is 0 Å². The fourth-order valence-corrected chi connectivity index (χ4v) is 4.06. The van der Waals surface area contributed by atoms with Crippen LogP contribution in [0.2, 0.25) is 0 Å². The first-order valence-electron chi connectivity index (χ1n) is 9.26. The van der Waals surface area contributed by atoms with Crippen LogP contribution in [0.5, 0.6) is 11.5 Å². The molecular weight excluding hydrogens is 346 g/mol. The third-order valence-corrected chi connectivity index (χ3v) is 5.53. The maximum Gasteiger partial charge on any atom is 0.261 e. The van der Waals surface area contributed by atoms with E-state index in [0.29, 0.717) is 42.7 Å². The minimum absolute atomic E-state index is 0.113. The number of hydrogen-bond donors (Lipinski definition) is 0. The molecule has 0 radical (unpaired) electrons. The van der Waals surface area contributed by atoms with Crippen LogP contribution >= 0.6 is 0 Å². The lowest BCUT2D eigenvalue weighted by Gasteiger charge is -2.30. The van der Waals surface area contributed by atoms with Gasteiger partial charge in [-0.1, -0.05) is 6.07 Å². The molecule has 0 aliphatic carbocycles. The van der Waals surface area contributed by atoms with Crippen molar-refractivity contribution in [3.63, 3.8) is 0 Å². The molecule has 0 unspecified atom stereocenters. The quantitative estimate of drug-likeness (QED) is 0.815. The van der Waals surface area contributed by atoms with Crippen LogP contribution in [0.1, 0.15) is 40.9 Å². The van der Waals surface area contributed by atoms with E-state index in [1.807, 2.05) is 6.07 Å². The molecule has 1 aromatic heterocycles. The average molecular weight is 371 g/mol. The number of rotatable bonds is 4. The molecule has 1 atom stereocenters. The Morgan fingerprint density at radius 3 is 2.48 bits per heavy atom. The van der Waals surface area contributed by atoms with Crippen LogP contribution < -0.4 is 9.47 Å². The van der Waals surface area contributed by atoms with E-state index in [1.165, 1.54) is 6.42 Å². The van der Waals surface area contributed by atoms with Gasteiger partial charge in [-0.05, 0) is 38.6 Å². The second-order valence-corrected chi connectivity index (χ2v) is 7.03. The molecule has 27 heavy (non-hydrogen) atoms. The lowest BCUT2D eigenvalue weighted by Crippen LogP contribution is -2.39. The van der Waals surface area contributed by atoms with Crippen molar-refractivity contribution in [2.24, 2.45) is 0 Å². The van der Waals surface area contributed by atoms with Crippen molar-refractivity contribution < 1.29 is 14.3 Å². The first kappa shape index (κ1) is 17.8. The molecule has 2 aliphatic rings. The Labute approximate surface area is 158 Å². The summed E-state index contributed by atoms with van der Waals surface area (Å²) in [6.45, 7) is 2.83. The highest BCUT2D eigenvalue weighted by Crippen LogP contribution is 2.33. The summed E-state index contributed by atoms with van der Waals surface area (Å²) in [7, 11) is 5.25. The van der Waals surface area contributed by atoms with Gasteiger partial charge >= 0.3 is 0 Å². The number of amides is 1. The van der Waals surface area contributed by atoms with Crippen LogP contribution in [-0.2, 0) is 13.1 Å². The summed E-state index contributed by atoms with van der Waals surface area (Å²) in [6, 6.07) is 5.68. The highest BCUT2D eigenvalue weighted by atomic mass is 16.5. The molecular formula is C19H25N5O3. The molecule has 0 spiro atoms. The van der Waals surface area contributed by atoms with Gasteiger partial charge in [-0.25, -0.2) is 0 Å². The van der Waals surface area contributed by atoms with Crippen molar-refractivity contribution in [3.8, 4) is 11.5 Å². The predicted molar refractivity (Wildman–Crippen MR) is 98.9 cm³/mol. The molecule has 2 aromatic rings. The van der Waals surface area contributed by atoms with Crippen LogP contribution in [0.25, 0.3) is 0 Å². The van der Waals surface area contributed by atoms with E-state index in [0.717, 1.165) is 24.6 Å². The first-order chi connectivity index (χ1) is 13.1. The monoisotopic (exact) mass is 371 g/mol. The second kappa shape index (κ2) is 7.19. The number of likely N-dealkylation sites (tertiary alicyclic amines) is 1.